The lowest BCUT2D eigenvalue weighted by atomic mass is 10.0. The molecule has 2 heterocycles. The SMILES string of the molecule is COc1cnccc1C(N)c1cscc1Br. The molecule has 2 N–H and O–H groups in total. The highest BCUT2D eigenvalue weighted by Gasteiger charge is 2.16. The Kier molecular flexibility index (Phi) is 3.58. The normalized spacial score (nSPS) is 12.4. The molecular formula is C11H11BrN2OS. The molecule has 2 aromatic heterocycles. The minimum Gasteiger partial charge on any atom is -0.495 e. The molecule has 3 nitrogen and oxygen atoms in total. The first-order valence-electron chi connectivity index (χ1n) is 4.69. The van der Waals surface area contributed by atoms with E-state index in [1.54, 1.807) is 30.8 Å². The van der Waals surface area contributed by atoms with Crippen molar-refractivity contribution in [1.29, 1.82) is 0 Å². The predicted molar refractivity (Wildman–Crippen MR) is 68.8 cm³/mol. The van der Waals surface area contributed by atoms with Gasteiger partial charge in [0.25, 0.3) is 0 Å². The van der Waals surface area contributed by atoms with Gasteiger partial charge in [-0.25, -0.2) is 0 Å². The van der Waals surface area contributed by atoms with Crippen LogP contribution in [-0.2, 0) is 0 Å². The molecule has 2 rings (SSSR count). The zero-order valence-corrected chi connectivity index (χ0v) is 11.1. The molecule has 16 heavy (non-hydrogen) atoms. The van der Waals surface area contributed by atoms with Crippen molar-refractivity contribution in [3.63, 3.8) is 0 Å². The van der Waals surface area contributed by atoms with Gasteiger partial charge in [0.2, 0.25) is 0 Å². The lowest BCUT2D eigenvalue weighted by Crippen LogP contribution is -2.12. The predicted octanol–water partition coefficient (Wildman–Crippen LogP) is 2.96. The highest BCUT2D eigenvalue weighted by atomic mass is 79.9. The van der Waals surface area contributed by atoms with Crippen LogP contribution in [-0.4, -0.2) is 12.1 Å². The lowest BCUT2D eigenvalue weighted by molar-refractivity contribution is 0.406. The number of aromatic nitrogens is 1. The Labute approximate surface area is 106 Å². The van der Waals surface area contributed by atoms with Crippen molar-refractivity contribution in [2.45, 2.75) is 6.04 Å². The molecule has 0 aromatic carbocycles. The molecule has 1 atom stereocenters. The standard InChI is InChI=1S/C11H11BrN2OS/c1-15-10-4-14-3-2-7(10)11(13)8-5-16-6-9(8)12/h2-6,11H,13H2,1H3. The van der Waals surface area contributed by atoms with Crippen LogP contribution in [0, 0.1) is 0 Å². The van der Waals surface area contributed by atoms with Gasteiger partial charge in [-0.3, -0.25) is 4.98 Å². The average Bonchev–Trinajstić information content (AvgIpc) is 2.74. The van der Waals surface area contributed by atoms with Gasteiger partial charge in [0.15, 0.2) is 0 Å². The van der Waals surface area contributed by atoms with E-state index in [9.17, 15) is 0 Å². The Morgan fingerprint density at radius 3 is 2.88 bits per heavy atom. The smallest absolute Gasteiger partial charge is 0.142 e. The van der Waals surface area contributed by atoms with E-state index in [0.29, 0.717) is 5.75 Å². The third kappa shape index (κ3) is 2.11. The summed E-state index contributed by atoms with van der Waals surface area (Å²) in [5.74, 6) is 0.716. The van der Waals surface area contributed by atoms with Gasteiger partial charge in [0, 0.05) is 21.6 Å². The molecule has 0 aliphatic rings. The second-order valence-corrected chi connectivity index (χ2v) is 4.87. The quantitative estimate of drug-likeness (QED) is 0.948. The average molecular weight is 299 g/mol. The third-order valence-corrected chi connectivity index (χ3v) is 4.10. The van der Waals surface area contributed by atoms with Crippen LogP contribution in [0.15, 0.2) is 33.7 Å². The van der Waals surface area contributed by atoms with Gasteiger partial charge in [0.05, 0.1) is 19.3 Å². The van der Waals surface area contributed by atoms with Crippen LogP contribution < -0.4 is 10.5 Å². The monoisotopic (exact) mass is 298 g/mol. The van der Waals surface area contributed by atoms with Crippen molar-refractivity contribution in [3.8, 4) is 5.75 Å². The van der Waals surface area contributed by atoms with Crippen LogP contribution >= 0.6 is 27.3 Å². The molecule has 1 unspecified atom stereocenters. The molecule has 0 radical (unpaired) electrons. The number of thiophene rings is 1. The van der Waals surface area contributed by atoms with Crippen LogP contribution in [0.3, 0.4) is 0 Å². The fourth-order valence-electron chi connectivity index (χ4n) is 1.50. The number of nitrogens with zero attached hydrogens (tertiary/aromatic N) is 1. The zero-order chi connectivity index (χ0) is 11.5. The third-order valence-electron chi connectivity index (χ3n) is 2.35. The van der Waals surface area contributed by atoms with Crippen LogP contribution in [0.4, 0.5) is 0 Å². The number of halogens is 1. The van der Waals surface area contributed by atoms with Crippen molar-refractivity contribution in [2.75, 3.05) is 7.11 Å². The van der Waals surface area contributed by atoms with Crippen molar-refractivity contribution < 1.29 is 4.74 Å². The maximum atomic E-state index is 6.21. The summed E-state index contributed by atoms with van der Waals surface area (Å²) in [6, 6.07) is 1.69. The van der Waals surface area contributed by atoms with E-state index in [0.717, 1.165) is 15.6 Å². The van der Waals surface area contributed by atoms with E-state index in [4.69, 9.17) is 10.5 Å². The maximum Gasteiger partial charge on any atom is 0.142 e. The number of rotatable bonds is 3. The van der Waals surface area contributed by atoms with Crippen molar-refractivity contribution in [2.24, 2.45) is 5.73 Å². The molecule has 0 amide bonds. The van der Waals surface area contributed by atoms with Gasteiger partial charge < -0.3 is 10.5 Å². The molecule has 0 fully saturated rings. The minimum atomic E-state index is -0.196. The second-order valence-electron chi connectivity index (χ2n) is 3.27. The van der Waals surface area contributed by atoms with Crippen LogP contribution in [0.25, 0.3) is 0 Å². The number of nitrogens with two attached hydrogens (primary N) is 1. The summed E-state index contributed by atoms with van der Waals surface area (Å²) in [4.78, 5) is 4.01. The van der Waals surface area contributed by atoms with Gasteiger partial charge in [-0.1, -0.05) is 0 Å². The molecule has 84 valence electrons. The van der Waals surface area contributed by atoms with Crippen LogP contribution in [0.2, 0.25) is 0 Å². The summed E-state index contributed by atoms with van der Waals surface area (Å²) in [5.41, 5.74) is 8.21. The Morgan fingerprint density at radius 2 is 2.25 bits per heavy atom. The van der Waals surface area contributed by atoms with E-state index in [-0.39, 0.29) is 6.04 Å². The summed E-state index contributed by atoms with van der Waals surface area (Å²) >= 11 is 5.10. The molecule has 0 aliphatic carbocycles. The number of hydrogen-bond donors (Lipinski definition) is 1. The number of ether oxygens (including phenoxy) is 1. The molecular weight excluding hydrogens is 288 g/mol. The van der Waals surface area contributed by atoms with E-state index in [1.807, 2.05) is 16.8 Å². The number of hydrogen-bond acceptors (Lipinski definition) is 4. The Morgan fingerprint density at radius 1 is 1.44 bits per heavy atom. The van der Waals surface area contributed by atoms with E-state index < -0.39 is 0 Å². The number of pyridine rings is 1. The molecule has 5 heteroatoms. The Balaban J connectivity index is 2.41. The molecule has 0 aliphatic heterocycles. The van der Waals surface area contributed by atoms with Gasteiger partial charge in [0.1, 0.15) is 5.75 Å². The fraction of sp³-hybridized carbons (Fsp3) is 0.182. The van der Waals surface area contributed by atoms with E-state index in [2.05, 4.69) is 20.9 Å². The Bertz CT molecular complexity index is 486. The summed E-state index contributed by atoms with van der Waals surface area (Å²) in [7, 11) is 1.62. The highest BCUT2D eigenvalue weighted by molar-refractivity contribution is 9.10. The zero-order valence-electron chi connectivity index (χ0n) is 8.68. The summed E-state index contributed by atoms with van der Waals surface area (Å²) in [6.07, 6.45) is 3.40. The summed E-state index contributed by atoms with van der Waals surface area (Å²) in [6.45, 7) is 0. The van der Waals surface area contributed by atoms with Crippen molar-refractivity contribution in [3.05, 3.63) is 44.8 Å². The van der Waals surface area contributed by atoms with Crippen LogP contribution in [0.5, 0.6) is 5.75 Å². The van der Waals surface area contributed by atoms with Gasteiger partial charge in [-0.15, -0.1) is 0 Å². The van der Waals surface area contributed by atoms with Gasteiger partial charge in [-0.05, 0) is 32.9 Å². The maximum absolute atomic E-state index is 6.21. The fourth-order valence-corrected chi connectivity index (χ4v) is 3.08. The first kappa shape index (κ1) is 11.6. The topological polar surface area (TPSA) is 48.1 Å². The first-order valence-corrected chi connectivity index (χ1v) is 6.42. The van der Waals surface area contributed by atoms with Crippen LogP contribution in [0.1, 0.15) is 17.2 Å². The molecule has 0 saturated heterocycles. The molecule has 2 aromatic rings. The molecule has 0 spiro atoms. The minimum absolute atomic E-state index is 0.196. The first-order chi connectivity index (χ1) is 7.74. The number of methoxy groups -OCH3 is 1. The largest absolute Gasteiger partial charge is 0.495 e. The lowest BCUT2D eigenvalue weighted by Gasteiger charge is -2.14. The summed E-state index contributed by atoms with van der Waals surface area (Å²) in [5, 5.41) is 4.05. The highest BCUT2D eigenvalue weighted by Crippen LogP contribution is 2.33. The van der Waals surface area contributed by atoms with Crippen molar-refractivity contribution >= 4 is 27.3 Å². The summed E-state index contributed by atoms with van der Waals surface area (Å²) < 4.78 is 6.28. The van der Waals surface area contributed by atoms with Crippen molar-refractivity contribution in [1.82, 2.24) is 4.98 Å². The van der Waals surface area contributed by atoms with E-state index in [1.165, 1.54) is 0 Å². The Hall–Kier alpha value is -0.910. The van der Waals surface area contributed by atoms with Gasteiger partial charge >= 0.3 is 0 Å². The molecule has 0 bridgehead atoms. The van der Waals surface area contributed by atoms with Gasteiger partial charge in [-0.2, -0.15) is 11.3 Å². The van der Waals surface area contributed by atoms with E-state index >= 15 is 0 Å². The second kappa shape index (κ2) is 4.95. The molecule has 0 saturated carbocycles.